The van der Waals surface area contributed by atoms with Crippen LogP contribution in [0, 0.1) is 5.92 Å². The van der Waals surface area contributed by atoms with Crippen molar-refractivity contribution in [3.8, 4) is 0 Å². The molecule has 2 fully saturated rings. The Hall–Kier alpha value is -1.06. The fraction of sp³-hybridized carbons (Fsp3) is 0.533. The number of hydrogen-bond acceptors (Lipinski definition) is 2. The minimum atomic E-state index is -0.0654. The van der Waals surface area contributed by atoms with E-state index in [0.29, 0.717) is 22.7 Å². The van der Waals surface area contributed by atoms with Crippen LogP contribution in [0.4, 0.5) is 5.69 Å². The van der Waals surface area contributed by atoms with Gasteiger partial charge < -0.3 is 10.6 Å². The van der Waals surface area contributed by atoms with Gasteiger partial charge in [0.1, 0.15) is 0 Å². The Morgan fingerprint density at radius 1 is 1.26 bits per heavy atom. The summed E-state index contributed by atoms with van der Waals surface area (Å²) >= 11 is 6.06. The molecule has 102 valence electrons. The predicted molar refractivity (Wildman–Crippen MR) is 77.4 cm³/mol. The van der Waals surface area contributed by atoms with Crippen molar-refractivity contribution in [2.24, 2.45) is 5.92 Å². The first kappa shape index (κ1) is 12.9. The van der Waals surface area contributed by atoms with Crippen LogP contribution in [-0.4, -0.2) is 18.0 Å². The molecule has 0 spiro atoms. The second-order valence-electron chi connectivity index (χ2n) is 5.58. The smallest absolute Gasteiger partial charge is 0.241 e. The SMILES string of the molecule is O=C(Nc1ccccc1Cl)C1CC2CCCCC2N1. The van der Waals surface area contributed by atoms with Crippen molar-refractivity contribution in [3.05, 3.63) is 29.3 Å². The van der Waals surface area contributed by atoms with Gasteiger partial charge in [0.05, 0.1) is 16.8 Å². The number of para-hydroxylation sites is 1. The van der Waals surface area contributed by atoms with E-state index in [9.17, 15) is 4.79 Å². The number of anilines is 1. The molecule has 1 aromatic carbocycles. The van der Waals surface area contributed by atoms with Crippen molar-refractivity contribution < 1.29 is 4.79 Å². The van der Waals surface area contributed by atoms with Gasteiger partial charge in [-0.3, -0.25) is 4.79 Å². The lowest BCUT2D eigenvalue weighted by molar-refractivity contribution is -0.117. The third-order valence-corrected chi connectivity index (χ3v) is 4.64. The average Bonchev–Trinajstić information content (AvgIpc) is 2.85. The molecule has 0 aromatic heterocycles. The van der Waals surface area contributed by atoms with Gasteiger partial charge in [0, 0.05) is 6.04 Å². The normalized spacial score (nSPS) is 29.8. The van der Waals surface area contributed by atoms with E-state index in [-0.39, 0.29) is 11.9 Å². The van der Waals surface area contributed by atoms with E-state index in [1.807, 2.05) is 18.2 Å². The number of benzene rings is 1. The van der Waals surface area contributed by atoms with Gasteiger partial charge in [-0.05, 0) is 37.3 Å². The Morgan fingerprint density at radius 2 is 2.05 bits per heavy atom. The fourth-order valence-electron chi connectivity index (χ4n) is 3.30. The zero-order chi connectivity index (χ0) is 13.2. The van der Waals surface area contributed by atoms with E-state index in [0.717, 1.165) is 6.42 Å². The molecule has 3 unspecified atom stereocenters. The standard InChI is InChI=1S/C15H19ClN2O/c16-11-6-2-4-8-13(11)18-15(19)14-9-10-5-1-3-7-12(10)17-14/h2,4,6,8,10,12,14,17H,1,3,5,7,9H2,(H,18,19). The topological polar surface area (TPSA) is 41.1 Å². The van der Waals surface area contributed by atoms with Crippen LogP contribution in [-0.2, 0) is 4.79 Å². The summed E-state index contributed by atoms with van der Waals surface area (Å²) in [4.78, 5) is 12.3. The first-order chi connectivity index (χ1) is 9.24. The molecule has 3 rings (SSSR count). The zero-order valence-electron chi connectivity index (χ0n) is 10.9. The number of nitrogens with one attached hydrogen (secondary N) is 2. The monoisotopic (exact) mass is 278 g/mol. The highest BCUT2D eigenvalue weighted by Crippen LogP contribution is 2.33. The molecular weight excluding hydrogens is 260 g/mol. The summed E-state index contributed by atoms with van der Waals surface area (Å²) in [6, 6.07) is 7.84. The zero-order valence-corrected chi connectivity index (χ0v) is 11.6. The van der Waals surface area contributed by atoms with Gasteiger partial charge in [-0.15, -0.1) is 0 Å². The van der Waals surface area contributed by atoms with E-state index < -0.39 is 0 Å². The minimum Gasteiger partial charge on any atom is -0.323 e. The number of carbonyl (C=O) groups excluding carboxylic acids is 1. The Labute approximate surface area is 118 Å². The molecule has 19 heavy (non-hydrogen) atoms. The lowest BCUT2D eigenvalue weighted by Crippen LogP contribution is -2.39. The summed E-state index contributed by atoms with van der Waals surface area (Å²) in [5, 5.41) is 6.99. The Bertz CT molecular complexity index is 463. The molecule has 1 amide bonds. The van der Waals surface area contributed by atoms with Crippen molar-refractivity contribution in [1.29, 1.82) is 0 Å². The van der Waals surface area contributed by atoms with Gasteiger partial charge in [-0.1, -0.05) is 36.6 Å². The summed E-state index contributed by atoms with van der Waals surface area (Å²) in [6.07, 6.45) is 6.02. The summed E-state index contributed by atoms with van der Waals surface area (Å²) in [5.41, 5.74) is 0.700. The van der Waals surface area contributed by atoms with Gasteiger partial charge in [0.2, 0.25) is 5.91 Å². The first-order valence-corrected chi connectivity index (χ1v) is 7.43. The largest absolute Gasteiger partial charge is 0.323 e. The lowest BCUT2D eigenvalue weighted by Gasteiger charge is -2.24. The number of fused-ring (bicyclic) bond motifs is 1. The molecule has 1 aliphatic heterocycles. The van der Waals surface area contributed by atoms with Crippen molar-refractivity contribution in [2.45, 2.75) is 44.2 Å². The third kappa shape index (κ3) is 2.77. The molecule has 4 heteroatoms. The maximum absolute atomic E-state index is 12.3. The Balaban J connectivity index is 1.64. The van der Waals surface area contributed by atoms with Gasteiger partial charge in [-0.25, -0.2) is 0 Å². The number of carbonyl (C=O) groups is 1. The molecule has 2 aliphatic rings. The van der Waals surface area contributed by atoms with E-state index in [1.165, 1.54) is 25.7 Å². The molecule has 0 bridgehead atoms. The minimum absolute atomic E-state index is 0.0440. The average molecular weight is 279 g/mol. The highest BCUT2D eigenvalue weighted by Gasteiger charge is 2.38. The van der Waals surface area contributed by atoms with Crippen LogP contribution in [0.2, 0.25) is 5.02 Å². The molecular formula is C15H19ClN2O. The first-order valence-electron chi connectivity index (χ1n) is 7.05. The lowest BCUT2D eigenvalue weighted by atomic mass is 9.85. The van der Waals surface area contributed by atoms with E-state index in [4.69, 9.17) is 11.6 Å². The summed E-state index contributed by atoms with van der Waals surface area (Å²) < 4.78 is 0. The van der Waals surface area contributed by atoms with Crippen LogP contribution in [0.15, 0.2) is 24.3 Å². The number of rotatable bonds is 2. The number of amides is 1. The Kier molecular flexibility index (Phi) is 3.76. The van der Waals surface area contributed by atoms with E-state index in [2.05, 4.69) is 10.6 Å². The maximum atomic E-state index is 12.3. The van der Waals surface area contributed by atoms with Gasteiger partial charge >= 0.3 is 0 Å². The molecule has 3 atom stereocenters. The molecule has 2 N–H and O–H groups in total. The number of halogens is 1. The molecule has 1 aromatic rings. The van der Waals surface area contributed by atoms with E-state index in [1.54, 1.807) is 6.07 Å². The van der Waals surface area contributed by atoms with Crippen LogP contribution >= 0.6 is 11.6 Å². The van der Waals surface area contributed by atoms with Crippen molar-refractivity contribution in [2.75, 3.05) is 5.32 Å². The van der Waals surface area contributed by atoms with Crippen LogP contribution in [0.25, 0.3) is 0 Å². The highest BCUT2D eigenvalue weighted by molar-refractivity contribution is 6.33. The fourth-order valence-corrected chi connectivity index (χ4v) is 3.49. The molecule has 1 saturated carbocycles. The van der Waals surface area contributed by atoms with Crippen LogP contribution in [0.1, 0.15) is 32.1 Å². The molecule has 1 aliphatic carbocycles. The third-order valence-electron chi connectivity index (χ3n) is 4.31. The summed E-state index contributed by atoms with van der Waals surface area (Å²) in [7, 11) is 0. The van der Waals surface area contributed by atoms with Crippen molar-refractivity contribution >= 4 is 23.2 Å². The second-order valence-corrected chi connectivity index (χ2v) is 5.98. The Morgan fingerprint density at radius 3 is 2.84 bits per heavy atom. The summed E-state index contributed by atoms with van der Waals surface area (Å²) in [5.74, 6) is 0.721. The predicted octanol–water partition coefficient (Wildman–Crippen LogP) is 3.20. The summed E-state index contributed by atoms with van der Waals surface area (Å²) in [6.45, 7) is 0. The molecule has 3 nitrogen and oxygen atoms in total. The van der Waals surface area contributed by atoms with Crippen molar-refractivity contribution in [1.82, 2.24) is 5.32 Å². The quantitative estimate of drug-likeness (QED) is 0.872. The highest BCUT2D eigenvalue weighted by atomic mass is 35.5. The molecule has 0 radical (unpaired) electrons. The van der Waals surface area contributed by atoms with Crippen LogP contribution in [0.5, 0.6) is 0 Å². The molecule has 1 heterocycles. The van der Waals surface area contributed by atoms with Gasteiger partial charge in [0.15, 0.2) is 0 Å². The second kappa shape index (κ2) is 5.51. The maximum Gasteiger partial charge on any atom is 0.241 e. The molecule has 1 saturated heterocycles. The van der Waals surface area contributed by atoms with E-state index >= 15 is 0 Å². The van der Waals surface area contributed by atoms with Crippen LogP contribution in [0.3, 0.4) is 0 Å². The van der Waals surface area contributed by atoms with Gasteiger partial charge in [0.25, 0.3) is 0 Å². The van der Waals surface area contributed by atoms with Gasteiger partial charge in [-0.2, -0.15) is 0 Å². The van der Waals surface area contributed by atoms with Crippen molar-refractivity contribution in [3.63, 3.8) is 0 Å². The van der Waals surface area contributed by atoms with Crippen LogP contribution < -0.4 is 10.6 Å². The number of hydrogen-bond donors (Lipinski definition) is 2.